The molecule has 12 heteroatoms. The van der Waals surface area contributed by atoms with Crippen LogP contribution < -0.4 is 0 Å². The van der Waals surface area contributed by atoms with Crippen LogP contribution in [0.2, 0.25) is 0 Å². The maximum Gasteiger partial charge on any atom is 0.512 e. The van der Waals surface area contributed by atoms with Crippen LogP contribution in [0, 0.1) is 5.92 Å². The molecule has 0 radical (unpaired) electrons. The lowest BCUT2D eigenvalue weighted by Crippen LogP contribution is -2.49. The van der Waals surface area contributed by atoms with Gasteiger partial charge in [-0.2, -0.15) is 13.2 Å². The number of ether oxygens (including phenoxy) is 2. The zero-order chi connectivity index (χ0) is 19.8. The van der Waals surface area contributed by atoms with Crippen molar-refractivity contribution in [1.82, 2.24) is 3.71 Å². The van der Waals surface area contributed by atoms with E-state index in [0.717, 1.165) is 0 Å². The second kappa shape index (κ2) is 7.08. The number of hydrogen-bond acceptors (Lipinski definition) is 6. The summed E-state index contributed by atoms with van der Waals surface area (Å²) in [4.78, 5) is 0. The highest BCUT2D eigenvalue weighted by atomic mass is 32.3. The number of halogens is 3. The topological polar surface area (TPSA) is 90.0 Å². The highest BCUT2D eigenvalue weighted by Crippen LogP contribution is 2.40. The molecular formula is C14H18F3NO6S2. The van der Waals surface area contributed by atoms with Crippen molar-refractivity contribution in [2.75, 3.05) is 26.0 Å². The first-order valence-electron chi connectivity index (χ1n) is 7.45. The van der Waals surface area contributed by atoms with E-state index >= 15 is 0 Å². The van der Waals surface area contributed by atoms with Crippen LogP contribution in [0.3, 0.4) is 0 Å². The van der Waals surface area contributed by atoms with Crippen LogP contribution in [-0.2, 0) is 35.3 Å². The molecule has 0 aliphatic carbocycles. The number of benzene rings is 1. The maximum atomic E-state index is 12.9. The van der Waals surface area contributed by atoms with Crippen molar-refractivity contribution in [3.8, 4) is 0 Å². The lowest BCUT2D eigenvalue weighted by atomic mass is 9.93. The van der Waals surface area contributed by atoms with E-state index < -0.39 is 47.5 Å². The zero-order valence-corrected chi connectivity index (χ0v) is 15.6. The second-order valence-corrected chi connectivity index (χ2v) is 9.79. The van der Waals surface area contributed by atoms with Gasteiger partial charge in [0.1, 0.15) is 0 Å². The van der Waals surface area contributed by atoms with Crippen molar-refractivity contribution in [3.63, 3.8) is 0 Å². The molecule has 1 aromatic rings. The van der Waals surface area contributed by atoms with Gasteiger partial charge in [-0.25, -0.2) is 16.8 Å². The third-order valence-corrected chi connectivity index (χ3v) is 7.45. The first kappa shape index (κ1) is 21.1. The maximum absolute atomic E-state index is 12.9. The Morgan fingerprint density at radius 2 is 1.62 bits per heavy atom. The Kier molecular flexibility index (Phi) is 5.74. The van der Waals surface area contributed by atoms with Gasteiger partial charge in [0, 0.05) is 18.0 Å². The Morgan fingerprint density at radius 3 is 2.04 bits per heavy atom. The van der Waals surface area contributed by atoms with Gasteiger partial charge in [0.15, 0.2) is 5.79 Å². The van der Waals surface area contributed by atoms with Gasteiger partial charge in [0.25, 0.3) is 0 Å². The lowest BCUT2D eigenvalue weighted by Gasteiger charge is -2.36. The fraction of sp³-hybridized carbons (Fsp3) is 0.571. The Labute approximate surface area is 149 Å². The van der Waals surface area contributed by atoms with Gasteiger partial charge in [-0.3, -0.25) is 0 Å². The Hall–Kier alpha value is -1.21. The monoisotopic (exact) mass is 417 g/mol. The fourth-order valence-corrected chi connectivity index (χ4v) is 5.53. The second-order valence-electron chi connectivity index (χ2n) is 5.80. The van der Waals surface area contributed by atoms with E-state index in [4.69, 9.17) is 9.47 Å². The molecule has 1 heterocycles. The van der Waals surface area contributed by atoms with E-state index in [9.17, 15) is 30.0 Å². The van der Waals surface area contributed by atoms with E-state index in [1.165, 1.54) is 6.92 Å². The molecule has 7 nitrogen and oxygen atoms in total. The molecule has 1 aliphatic heterocycles. The summed E-state index contributed by atoms with van der Waals surface area (Å²) in [6.45, 7) is 0.631. The summed E-state index contributed by atoms with van der Waals surface area (Å²) in [6.07, 6.45) is 0.397. The Balaban J connectivity index is 2.45. The molecule has 148 valence electrons. The van der Waals surface area contributed by atoms with Crippen molar-refractivity contribution in [2.45, 2.75) is 18.2 Å². The molecule has 1 saturated heterocycles. The number of alkyl halides is 3. The summed E-state index contributed by atoms with van der Waals surface area (Å²) >= 11 is 0. The molecule has 26 heavy (non-hydrogen) atoms. The largest absolute Gasteiger partial charge is 0.512 e. The van der Waals surface area contributed by atoms with Crippen molar-refractivity contribution in [1.29, 1.82) is 0 Å². The first-order valence-corrected chi connectivity index (χ1v) is 10.7. The van der Waals surface area contributed by atoms with E-state index in [0.29, 0.717) is 11.8 Å². The summed E-state index contributed by atoms with van der Waals surface area (Å²) in [5, 5.41) is 0. The predicted molar refractivity (Wildman–Crippen MR) is 85.7 cm³/mol. The summed E-state index contributed by atoms with van der Waals surface area (Å²) in [5.41, 5.74) is -5.31. The van der Waals surface area contributed by atoms with Crippen LogP contribution in [0.5, 0.6) is 0 Å². The molecule has 1 aromatic carbocycles. The molecule has 0 N–H and O–H groups in total. The third kappa shape index (κ3) is 3.88. The van der Waals surface area contributed by atoms with Gasteiger partial charge in [-0.15, -0.1) is 0 Å². The SMILES string of the molecule is CC(CN(S(C)(=O)=O)S(=O)(=O)C(F)(F)F)C1(c2ccccc2)OCCO1. The molecule has 0 bridgehead atoms. The van der Waals surface area contributed by atoms with Gasteiger partial charge in [-0.05, 0) is 0 Å². The average molecular weight is 417 g/mol. The third-order valence-electron chi connectivity index (χ3n) is 3.89. The summed E-state index contributed by atoms with van der Waals surface area (Å²) in [5.74, 6) is -2.61. The van der Waals surface area contributed by atoms with Crippen LogP contribution in [0.4, 0.5) is 13.2 Å². The summed E-state index contributed by atoms with van der Waals surface area (Å²) in [6, 6.07) is 8.20. The van der Waals surface area contributed by atoms with Gasteiger partial charge >= 0.3 is 15.5 Å². The summed E-state index contributed by atoms with van der Waals surface area (Å²) in [7, 11) is -10.8. The minimum atomic E-state index is -6.10. The van der Waals surface area contributed by atoms with Crippen LogP contribution in [0.15, 0.2) is 30.3 Å². The minimum Gasteiger partial charge on any atom is -0.343 e. The molecule has 1 unspecified atom stereocenters. The van der Waals surface area contributed by atoms with Crippen LogP contribution in [-0.4, -0.2) is 52.1 Å². The van der Waals surface area contributed by atoms with Gasteiger partial charge in [-0.1, -0.05) is 41.0 Å². The molecule has 1 aliphatic rings. The predicted octanol–water partition coefficient (Wildman–Crippen LogP) is 1.63. The van der Waals surface area contributed by atoms with Gasteiger partial charge in [0.2, 0.25) is 10.0 Å². The Bertz CT molecular complexity index is 833. The van der Waals surface area contributed by atoms with Crippen molar-refractivity contribution in [2.24, 2.45) is 5.92 Å². The molecule has 1 fully saturated rings. The lowest BCUT2D eigenvalue weighted by molar-refractivity contribution is -0.201. The van der Waals surface area contributed by atoms with Gasteiger partial charge in [0.05, 0.1) is 19.5 Å². The van der Waals surface area contributed by atoms with E-state index in [1.807, 2.05) is 0 Å². The smallest absolute Gasteiger partial charge is 0.343 e. The van der Waals surface area contributed by atoms with Crippen LogP contribution in [0.25, 0.3) is 0 Å². The van der Waals surface area contributed by atoms with E-state index in [1.54, 1.807) is 30.3 Å². The number of rotatable bonds is 6. The fourth-order valence-electron chi connectivity index (χ4n) is 2.71. The van der Waals surface area contributed by atoms with Crippen molar-refractivity contribution in [3.05, 3.63) is 35.9 Å². The van der Waals surface area contributed by atoms with Crippen molar-refractivity contribution >= 4 is 20.0 Å². The molecule has 1 atom stereocenters. The number of sulfonamides is 2. The standard InChI is InChI=1S/C14H18F3NO6S2/c1-11(10-18(25(2,19)20)26(21,22)14(15,16)17)13(23-8-9-24-13)12-6-4-3-5-7-12/h3-7,11H,8-10H2,1-2H3. The highest BCUT2D eigenvalue weighted by molar-refractivity contribution is 8.04. The van der Waals surface area contributed by atoms with E-state index in [-0.39, 0.29) is 13.2 Å². The number of hydrogen-bond donors (Lipinski definition) is 0. The average Bonchev–Trinajstić information content (AvgIpc) is 3.01. The molecular weight excluding hydrogens is 399 g/mol. The summed E-state index contributed by atoms with van der Waals surface area (Å²) < 4.78 is 96.3. The van der Waals surface area contributed by atoms with Crippen LogP contribution in [0.1, 0.15) is 12.5 Å². The first-order chi connectivity index (χ1) is 11.8. The molecule has 0 saturated carbocycles. The van der Waals surface area contributed by atoms with Crippen LogP contribution >= 0.6 is 0 Å². The Morgan fingerprint density at radius 1 is 1.12 bits per heavy atom. The number of nitrogens with zero attached hydrogens (tertiary/aromatic N) is 1. The highest BCUT2D eigenvalue weighted by Gasteiger charge is 2.55. The molecule has 2 rings (SSSR count). The normalized spacial score (nSPS) is 19.6. The quantitative estimate of drug-likeness (QED) is 0.699. The van der Waals surface area contributed by atoms with Crippen molar-refractivity contribution < 1.29 is 39.5 Å². The molecule has 0 aromatic heterocycles. The van der Waals surface area contributed by atoms with Gasteiger partial charge < -0.3 is 9.47 Å². The van der Waals surface area contributed by atoms with E-state index in [2.05, 4.69) is 0 Å². The molecule has 0 spiro atoms. The zero-order valence-electron chi connectivity index (χ0n) is 13.9. The molecule has 0 amide bonds. The minimum absolute atomic E-state index is 0.129.